The highest BCUT2D eigenvalue weighted by Gasteiger charge is 2.04. The van der Waals surface area contributed by atoms with Crippen LogP contribution in [-0.4, -0.2) is 33.2 Å². The molecule has 2 N–H and O–H groups in total. The van der Waals surface area contributed by atoms with E-state index in [9.17, 15) is 0 Å². The van der Waals surface area contributed by atoms with Gasteiger partial charge in [0.15, 0.2) is 0 Å². The van der Waals surface area contributed by atoms with E-state index in [1.165, 1.54) is 26.2 Å². The summed E-state index contributed by atoms with van der Waals surface area (Å²) in [6.45, 7) is 4.98. The molecular formula is C5H13IN2. The van der Waals surface area contributed by atoms with Gasteiger partial charge in [-0.25, -0.2) is 0 Å². The SMILES string of the molecule is C[NH+]1CCNCC1.[I-]. The molecule has 0 aliphatic carbocycles. The van der Waals surface area contributed by atoms with Crippen molar-refractivity contribution < 1.29 is 28.9 Å². The van der Waals surface area contributed by atoms with Gasteiger partial charge in [-0.05, 0) is 0 Å². The molecule has 1 heterocycles. The lowest BCUT2D eigenvalue weighted by atomic mass is 10.4. The van der Waals surface area contributed by atoms with Gasteiger partial charge in [-0.1, -0.05) is 0 Å². The van der Waals surface area contributed by atoms with Crippen molar-refractivity contribution in [1.82, 2.24) is 5.32 Å². The number of quaternary nitrogens is 1. The molecule has 0 aromatic carbocycles. The molecule has 3 heteroatoms. The third-order valence-electron chi connectivity index (χ3n) is 1.46. The van der Waals surface area contributed by atoms with Crippen LogP contribution in [0, 0.1) is 0 Å². The van der Waals surface area contributed by atoms with Gasteiger partial charge in [0.25, 0.3) is 0 Å². The summed E-state index contributed by atoms with van der Waals surface area (Å²) >= 11 is 0. The van der Waals surface area contributed by atoms with Crippen molar-refractivity contribution in [3.63, 3.8) is 0 Å². The van der Waals surface area contributed by atoms with Crippen LogP contribution in [0.2, 0.25) is 0 Å². The normalized spacial score (nSPS) is 22.1. The highest BCUT2D eigenvalue weighted by molar-refractivity contribution is 4.47. The molecule has 0 aromatic rings. The topological polar surface area (TPSA) is 16.5 Å². The number of likely N-dealkylation sites (N-methyl/N-ethyl adjacent to an activating group) is 1. The van der Waals surface area contributed by atoms with E-state index in [4.69, 9.17) is 0 Å². The van der Waals surface area contributed by atoms with Crippen LogP contribution in [0.5, 0.6) is 0 Å². The maximum absolute atomic E-state index is 3.29. The Hall–Kier alpha value is 0.650. The Morgan fingerprint density at radius 1 is 1.25 bits per heavy atom. The van der Waals surface area contributed by atoms with Gasteiger partial charge in [0.05, 0.1) is 20.1 Å². The van der Waals surface area contributed by atoms with E-state index in [1.54, 1.807) is 4.90 Å². The first-order chi connectivity index (χ1) is 3.39. The molecule has 1 aliphatic heterocycles. The largest absolute Gasteiger partial charge is 1.00 e. The predicted octanol–water partition coefficient (Wildman–Crippen LogP) is -4.89. The molecule has 0 bridgehead atoms. The molecule has 1 aliphatic rings. The second kappa shape index (κ2) is 4.52. The molecule has 0 amide bonds. The molecular weight excluding hydrogens is 215 g/mol. The molecule has 0 unspecified atom stereocenters. The third kappa shape index (κ3) is 2.84. The Labute approximate surface area is 67.6 Å². The van der Waals surface area contributed by atoms with Crippen LogP contribution in [0.25, 0.3) is 0 Å². The average molecular weight is 228 g/mol. The molecule has 0 radical (unpaired) electrons. The van der Waals surface area contributed by atoms with Crippen LogP contribution in [0.15, 0.2) is 0 Å². The van der Waals surface area contributed by atoms with Gasteiger partial charge in [-0.3, -0.25) is 0 Å². The first-order valence-electron chi connectivity index (χ1n) is 2.91. The van der Waals surface area contributed by atoms with E-state index in [0.717, 1.165) is 0 Å². The highest BCUT2D eigenvalue weighted by atomic mass is 127. The molecule has 0 aromatic heterocycles. The molecule has 2 nitrogen and oxygen atoms in total. The van der Waals surface area contributed by atoms with Gasteiger partial charge in [-0.15, -0.1) is 0 Å². The van der Waals surface area contributed by atoms with Gasteiger partial charge in [0.2, 0.25) is 0 Å². The Morgan fingerprint density at radius 3 is 2.00 bits per heavy atom. The highest BCUT2D eigenvalue weighted by Crippen LogP contribution is 1.58. The second-order valence-corrected chi connectivity index (χ2v) is 2.21. The summed E-state index contributed by atoms with van der Waals surface area (Å²) in [5, 5.41) is 3.29. The van der Waals surface area contributed by atoms with E-state index >= 15 is 0 Å². The van der Waals surface area contributed by atoms with Crippen LogP contribution < -0.4 is 34.2 Å². The standard InChI is InChI=1S/C5H12N2.HI/c1-7-4-2-6-3-5-7;/h6H,2-5H2,1H3;1H. The van der Waals surface area contributed by atoms with Gasteiger partial charge in [-0.2, -0.15) is 0 Å². The van der Waals surface area contributed by atoms with Crippen molar-refractivity contribution in [3.05, 3.63) is 0 Å². The zero-order chi connectivity index (χ0) is 5.11. The zero-order valence-electron chi connectivity index (χ0n) is 5.21. The van der Waals surface area contributed by atoms with Gasteiger partial charge in [0, 0.05) is 13.1 Å². The fourth-order valence-corrected chi connectivity index (χ4v) is 0.854. The lowest BCUT2D eigenvalue weighted by molar-refractivity contribution is -0.881. The monoisotopic (exact) mass is 228 g/mol. The Kier molecular flexibility index (Phi) is 4.89. The van der Waals surface area contributed by atoms with Crippen molar-refractivity contribution in [2.45, 2.75) is 0 Å². The minimum absolute atomic E-state index is 0. The third-order valence-corrected chi connectivity index (χ3v) is 1.46. The minimum Gasteiger partial charge on any atom is -1.00 e. The molecule has 50 valence electrons. The lowest BCUT2D eigenvalue weighted by Crippen LogP contribution is -3.12. The minimum atomic E-state index is 0. The van der Waals surface area contributed by atoms with E-state index in [-0.39, 0.29) is 24.0 Å². The van der Waals surface area contributed by atoms with Crippen molar-refractivity contribution in [2.75, 3.05) is 33.2 Å². The lowest BCUT2D eigenvalue weighted by Gasteiger charge is -2.19. The van der Waals surface area contributed by atoms with E-state index < -0.39 is 0 Å². The first kappa shape index (κ1) is 8.65. The summed E-state index contributed by atoms with van der Waals surface area (Å²) in [5.74, 6) is 0. The average Bonchev–Trinajstić information content (AvgIpc) is 1.69. The maximum atomic E-state index is 3.29. The molecule has 0 spiro atoms. The Morgan fingerprint density at radius 2 is 1.75 bits per heavy atom. The predicted molar refractivity (Wildman–Crippen MR) is 29.5 cm³/mol. The number of piperazine rings is 1. The van der Waals surface area contributed by atoms with Crippen LogP contribution >= 0.6 is 0 Å². The van der Waals surface area contributed by atoms with Crippen LogP contribution in [-0.2, 0) is 0 Å². The van der Waals surface area contributed by atoms with Crippen LogP contribution in [0.1, 0.15) is 0 Å². The number of halogens is 1. The Bertz CT molecular complexity index is 52.4. The smallest absolute Gasteiger partial charge is 0.0896 e. The summed E-state index contributed by atoms with van der Waals surface area (Å²) < 4.78 is 0. The fourth-order valence-electron chi connectivity index (χ4n) is 0.854. The second-order valence-electron chi connectivity index (χ2n) is 2.21. The summed E-state index contributed by atoms with van der Waals surface area (Å²) in [7, 11) is 2.24. The number of rotatable bonds is 0. The molecule has 1 fully saturated rings. The van der Waals surface area contributed by atoms with Crippen LogP contribution in [0.4, 0.5) is 0 Å². The molecule has 1 saturated heterocycles. The van der Waals surface area contributed by atoms with Crippen molar-refractivity contribution >= 4 is 0 Å². The summed E-state index contributed by atoms with van der Waals surface area (Å²) in [6.07, 6.45) is 0. The van der Waals surface area contributed by atoms with Crippen molar-refractivity contribution in [2.24, 2.45) is 0 Å². The summed E-state index contributed by atoms with van der Waals surface area (Å²) in [5.41, 5.74) is 0. The van der Waals surface area contributed by atoms with Gasteiger partial charge in [0.1, 0.15) is 0 Å². The van der Waals surface area contributed by atoms with Crippen molar-refractivity contribution in [3.8, 4) is 0 Å². The summed E-state index contributed by atoms with van der Waals surface area (Å²) in [6, 6.07) is 0. The Balaban J connectivity index is 0.000000490. The first-order valence-corrected chi connectivity index (χ1v) is 2.91. The molecule has 1 rings (SSSR count). The number of hydrogen-bond donors (Lipinski definition) is 2. The van der Waals surface area contributed by atoms with E-state index in [1.807, 2.05) is 0 Å². The molecule has 8 heavy (non-hydrogen) atoms. The fraction of sp³-hybridized carbons (Fsp3) is 1.00. The maximum Gasteiger partial charge on any atom is 0.0896 e. The van der Waals surface area contributed by atoms with Gasteiger partial charge >= 0.3 is 0 Å². The van der Waals surface area contributed by atoms with E-state index in [0.29, 0.717) is 0 Å². The quantitative estimate of drug-likeness (QED) is 0.397. The zero-order valence-corrected chi connectivity index (χ0v) is 7.36. The van der Waals surface area contributed by atoms with Crippen LogP contribution in [0.3, 0.4) is 0 Å². The van der Waals surface area contributed by atoms with Gasteiger partial charge < -0.3 is 34.2 Å². The molecule has 0 atom stereocenters. The molecule has 0 saturated carbocycles. The summed E-state index contributed by atoms with van der Waals surface area (Å²) in [4.78, 5) is 1.65. The van der Waals surface area contributed by atoms with E-state index in [2.05, 4.69) is 12.4 Å². The number of nitrogens with one attached hydrogen (secondary N) is 2. The number of hydrogen-bond acceptors (Lipinski definition) is 1. The van der Waals surface area contributed by atoms with Crippen molar-refractivity contribution in [1.29, 1.82) is 0 Å².